The topological polar surface area (TPSA) is 206 Å². The van der Waals surface area contributed by atoms with E-state index in [1.807, 2.05) is 0 Å². The van der Waals surface area contributed by atoms with Gasteiger partial charge in [-0.2, -0.15) is 8.42 Å². The van der Waals surface area contributed by atoms with Crippen LogP contribution in [0.1, 0.15) is 0 Å². The molecule has 0 aliphatic heterocycles. The Morgan fingerprint density at radius 3 is 2.21 bits per heavy atom. The van der Waals surface area contributed by atoms with Crippen LogP contribution in [0.4, 0.5) is 17.1 Å². The SMILES string of the molecule is O=[N+]([O-])c1ccc(O)c(N=Nc2ccc(S(=O)(=O)CCOS(=O)(=O)O)cc2O)c1. The molecule has 0 aliphatic carbocycles. The molecule has 13 nitrogen and oxygen atoms in total. The smallest absolute Gasteiger partial charge is 0.397 e. The van der Waals surface area contributed by atoms with Crippen LogP contribution in [0.2, 0.25) is 0 Å². The third-order valence-corrected chi connectivity index (χ3v) is 5.47. The lowest BCUT2D eigenvalue weighted by Crippen LogP contribution is -2.15. The maximum atomic E-state index is 12.1. The minimum absolute atomic E-state index is 0.205. The molecule has 15 heteroatoms. The molecule has 0 aliphatic rings. The number of sulfone groups is 1. The fourth-order valence-electron chi connectivity index (χ4n) is 1.96. The third kappa shape index (κ3) is 6.18. The van der Waals surface area contributed by atoms with E-state index in [1.54, 1.807) is 0 Å². The Morgan fingerprint density at radius 2 is 1.62 bits per heavy atom. The van der Waals surface area contributed by atoms with E-state index < -0.39 is 49.0 Å². The van der Waals surface area contributed by atoms with Gasteiger partial charge in [-0.3, -0.25) is 14.7 Å². The van der Waals surface area contributed by atoms with E-state index in [2.05, 4.69) is 14.4 Å². The van der Waals surface area contributed by atoms with Crippen molar-refractivity contribution in [1.82, 2.24) is 0 Å². The van der Waals surface area contributed by atoms with E-state index in [4.69, 9.17) is 4.55 Å². The van der Waals surface area contributed by atoms with Gasteiger partial charge in [-0.05, 0) is 18.2 Å². The highest BCUT2D eigenvalue weighted by atomic mass is 32.3. The highest BCUT2D eigenvalue weighted by Gasteiger charge is 2.18. The monoisotopic (exact) mass is 447 g/mol. The van der Waals surface area contributed by atoms with Gasteiger partial charge in [-0.1, -0.05) is 0 Å². The van der Waals surface area contributed by atoms with E-state index in [0.29, 0.717) is 0 Å². The Bertz CT molecular complexity index is 1180. The average molecular weight is 447 g/mol. The number of phenols is 2. The first-order valence-corrected chi connectivity index (χ1v) is 10.5. The molecule has 0 amide bonds. The molecule has 0 atom stereocenters. The maximum absolute atomic E-state index is 12.1. The van der Waals surface area contributed by atoms with Crippen molar-refractivity contribution < 1.29 is 40.7 Å². The number of nitrogens with zero attached hydrogens (tertiary/aromatic N) is 3. The van der Waals surface area contributed by atoms with Crippen LogP contribution >= 0.6 is 0 Å². The van der Waals surface area contributed by atoms with Gasteiger partial charge in [0.15, 0.2) is 9.84 Å². The molecule has 2 aromatic rings. The second-order valence-corrected chi connectivity index (χ2v) is 8.55. The summed E-state index contributed by atoms with van der Waals surface area (Å²) in [6.07, 6.45) is 0. The zero-order chi connectivity index (χ0) is 21.8. The van der Waals surface area contributed by atoms with Gasteiger partial charge in [-0.25, -0.2) is 12.6 Å². The molecule has 0 saturated carbocycles. The van der Waals surface area contributed by atoms with Gasteiger partial charge >= 0.3 is 10.4 Å². The number of non-ortho nitro benzene ring substituents is 1. The number of rotatable bonds is 8. The summed E-state index contributed by atoms with van der Waals surface area (Å²) < 4.78 is 57.4. The Hall–Kier alpha value is -3.14. The van der Waals surface area contributed by atoms with Crippen molar-refractivity contribution in [2.45, 2.75) is 4.90 Å². The molecule has 0 radical (unpaired) electrons. The average Bonchev–Trinajstić information content (AvgIpc) is 2.60. The Labute approximate surface area is 163 Å². The van der Waals surface area contributed by atoms with Crippen LogP contribution in [-0.2, 0) is 24.4 Å². The van der Waals surface area contributed by atoms with E-state index in [1.165, 1.54) is 0 Å². The Morgan fingerprint density at radius 1 is 0.966 bits per heavy atom. The van der Waals surface area contributed by atoms with Gasteiger partial charge in [-0.15, -0.1) is 10.2 Å². The Balaban J connectivity index is 2.23. The standard InChI is InChI=1S/C14H13N3O10S2/c18-13-4-1-9(17(20)21)7-12(13)16-15-11-3-2-10(8-14(11)19)28(22,23)6-5-27-29(24,25)26/h1-4,7-8,18-19H,5-6H2,(H,24,25,26). The number of hydrogen-bond acceptors (Lipinski definition) is 11. The first-order valence-electron chi connectivity index (χ1n) is 7.46. The minimum Gasteiger partial charge on any atom is -0.506 e. The molecule has 0 fully saturated rings. The highest BCUT2D eigenvalue weighted by molar-refractivity contribution is 7.91. The minimum atomic E-state index is -4.79. The molecule has 0 aromatic heterocycles. The molecule has 156 valence electrons. The van der Waals surface area contributed by atoms with Crippen molar-refractivity contribution in [3.63, 3.8) is 0 Å². The fraction of sp³-hybridized carbons (Fsp3) is 0.143. The normalized spacial score (nSPS) is 12.3. The van der Waals surface area contributed by atoms with Gasteiger partial charge in [0.2, 0.25) is 0 Å². The van der Waals surface area contributed by atoms with Crippen LogP contribution in [0.25, 0.3) is 0 Å². The summed E-state index contributed by atoms with van der Waals surface area (Å²) in [4.78, 5) is 9.66. The van der Waals surface area contributed by atoms with Gasteiger partial charge in [0.05, 0.1) is 22.2 Å². The van der Waals surface area contributed by atoms with Gasteiger partial charge < -0.3 is 10.2 Å². The summed E-state index contributed by atoms with van der Waals surface area (Å²) in [6, 6.07) is 5.98. The molecular formula is C14H13N3O10S2. The van der Waals surface area contributed by atoms with E-state index >= 15 is 0 Å². The quantitative estimate of drug-likeness (QED) is 0.232. The molecule has 0 saturated heterocycles. The predicted octanol–water partition coefficient (Wildman–Crippen LogP) is 2.01. The van der Waals surface area contributed by atoms with Crippen LogP contribution < -0.4 is 0 Å². The number of phenolic OH excluding ortho intramolecular Hbond substituents is 2. The number of aromatic hydroxyl groups is 2. The van der Waals surface area contributed by atoms with Crippen molar-refractivity contribution >= 4 is 37.3 Å². The number of nitro groups is 1. The summed E-state index contributed by atoms with van der Waals surface area (Å²) in [5.74, 6) is -1.82. The van der Waals surface area contributed by atoms with Crippen molar-refractivity contribution in [2.24, 2.45) is 10.2 Å². The molecule has 0 unspecified atom stereocenters. The molecule has 29 heavy (non-hydrogen) atoms. The molecular weight excluding hydrogens is 434 g/mol. The third-order valence-electron chi connectivity index (χ3n) is 3.33. The van der Waals surface area contributed by atoms with Crippen LogP contribution in [0.15, 0.2) is 51.5 Å². The molecule has 2 aromatic carbocycles. The van der Waals surface area contributed by atoms with Gasteiger partial charge in [0, 0.05) is 18.2 Å². The summed E-state index contributed by atoms with van der Waals surface area (Å²) in [5, 5.41) is 37.6. The van der Waals surface area contributed by atoms with E-state index in [0.717, 1.165) is 36.4 Å². The second-order valence-electron chi connectivity index (χ2n) is 5.35. The van der Waals surface area contributed by atoms with Crippen LogP contribution in [0.5, 0.6) is 11.5 Å². The van der Waals surface area contributed by atoms with Crippen LogP contribution in [0.3, 0.4) is 0 Å². The van der Waals surface area contributed by atoms with E-state index in [9.17, 15) is 37.2 Å². The summed E-state index contributed by atoms with van der Waals surface area (Å²) in [7, 11) is -8.85. The largest absolute Gasteiger partial charge is 0.506 e. The fourth-order valence-corrected chi connectivity index (χ4v) is 3.47. The van der Waals surface area contributed by atoms with Crippen LogP contribution in [0, 0.1) is 10.1 Å². The molecule has 3 N–H and O–H groups in total. The first kappa shape index (κ1) is 22.2. The zero-order valence-electron chi connectivity index (χ0n) is 14.2. The zero-order valence-corrected chi connectivity index (χ0v) is 15.9. The number of hydrogen-bond donors (Lipinski definition) is 3. The molecule has 0 heterocycles. The van der Waals surface area contributed by atoms with Crippen molar-refractivity contribution in [1.29, 1.82) is 0 Å². The van der Waals surface area contributed by atoms with Gasteiger partial charge in [0.1, 0.15) is 22.9 Å². The summed E-state index contributed by atoms with van der Waals surface area (Å²) >= 11 is 0. The van der Waals surface area contributed by atoms with Crippen molar-refractivity contribution in [3.8, 4) is 11.5 Å². The first-order chi connectivity index (χ1) is 13.4. The highest BCUT2D eigenvalue weighted by Crippen LogP contribution is 2.34. The maximum Gasteiger partial charge on any atom is 0.397 e. The number of azo groups is 1. The lowest BCUT2D eigenvalue weighted by atomic mass is 10.2. The Kier molecular flexibility index (Phi) is 6.48. The summed E-state index contributed by atoms with van der Waals surface area (Å²) in [6.45, 7) is -0.838. The van der Waals surface area contributed by atoms with Crippen LogP contribution in [-0.4, -0.2) is 48.9 Å². The summed E-state index contributed by atoms with van der Waals surface area (Å²) in [5.41, 5.74) is -0.809. The second kappa shape index (κ2) is 8.48. The van der Waals surface area contributed by atoms with Crippen molar-refractivity contribution in [3.05, 3.63) is 46.5 Å². The van der Waals surface area contributed by atoms with E-state index in [-0.39, 0.29) is 22.0 Å². The molecule has 2 rings (SSSR count). The molecule has 0 bridgehead atoms. The lowest BCUT2D eigenvalue weighted by Gasteiger charge is -2.06. The lowest BCUT2D eigenvalue weighted by molar-refractivity contribution is -0.384. The predicted molar refractivity (Wildman–Crippen MR) is 96.6 cm³/mol. The number of nitro benzene ring substituents is 1. The van der Waals surface area contributed by atoms with Crippen molar-refractivity contribution in [2.75, 3.05) is 12.4 Å². The number of benzene rings is 2. The van der Waals surface area contributed by atoms with Gasteiger partial charge in [0.25, 0.3) is 5.69 Å². The molecule has 0 spiro atoms.